The van der Waals surface area contributed by atoms with Crippen LogP contribution in [0.4, 0.5) is 5.69 Å². The first kappa shape index (κ1) is 17.4. The third-order valence-corrected chi connectivity index (χ3v) is 4.81. The highest BCUT2D eigenvalue weighted by Crippen LogP contribution is 2.24. The van der Waals surface area contributed by atoms with E-state index in [1.54, 1.807) is 30.6 Å². The first-order valence-corrected chi connectivity index (χ1v) is 8.71. The van der Waals surface area contributed by atoms with E-state index in [0.29, 0.717) is 17.6 Å². The molecular weight excluding hydrogens is 341 g/mol. The van der Waals surface area contributed by atoms with Gasteiger partial charge >= 0.3 is 7.12 Å². The van der Waals surface area contributed by atoms with E-state index < -0.39 is 13.0 Å². The number of carbonyl (C=O) groups is 1. The number of nitrogens with two attached hydrogens (primary N) is 1. The molecule has 134 valence electrons. The van der Waals surface area contributed by atoms with Crippen molar-refractivity contribution < 1.29 is 14.5 Å². The maximum Gasteiger partial charge on any atom is 0.562 e. The van der Waals surface area contributed by atoms with Gasteiger partial charge in [0.1, 0.15) is 5.78 Å². The number of benzene rings is 2. The Bertz CT molecular complexity index is 1040. The van der Waals surface area contributed by atoms with Crippen molar-refractivity contribution in [3.63, 3.8) is 0 Å². The van der Waals surface area contributed by atoms with E-state index in [4.69, 9.17) is 10.4 Å². The zero-order valence-electron chi connectivity index (χ0n) is 14.6. The summed E-state index contributed by atoms with van der Waals surface area (Å²) in [5.74, 6) is -0.388. The summed E-state index contributed by atoms with van der Waals surface area (Å²) in [7, 11) is -1.04. The molecule has 0 aliphatic carbocycles. The third-order valence-electron chi connectivity index (χ3n) is 4.81. The van der Waals surface area contributed by atoms with Gasteiger partial charge in [-0.05, 0) is 28.6 Å². The Morgan fingerprint density at radius 1 is 1.19 bits per heavy atom. The number of pyridine rings is 1. The Morgan fingerprint density at radius 3 is 2.93 bits per heavy atom. The second-order valence-electron chi connectivity index (χ2n) is 6.53. The number of Topliss-reactive ketones (excluding diaryl/α,β-unsaturated/α-hetero) is 1. The van der Waals surface area contributed by atoms with E-state index in [-0.39, 0.29) is 12.3 Å². The SMILES string of the molecule is NCC(C(=O)Cc1ccc2cnccc2c1)c1ccc2c(c1)N=COB2O. The normalized spacial score (nSPS) is 13.9. The van der Waals surface area contributed by atoms with E-state index in [2.05, 4.69) is 9.98 Å². The lowest BCUT2D eigenvalue weighted by Crippen LogP contribution is -2.36. The van der Waals surface area contributed by atoms with Crippen LogP contribution in [-0.4, -0.2) is 35.9 Å². The van der Waals surface area contributed by atoms with Crippen LogP contribution in [0.5, 0.6) is 0 Å². The zero-order chi connectivity index (χ0) is 18.8. The number of aromatic nitrogens is 1. The van der Waals surface area contributed by atoms with Gasteiger partial charge < -0.3 is 15.4 Å². The van der Waals surface area contributed by atoms with E-state index in [1.807, 2.05) is 24.3 Å². The summed E-state index contributed by atoms with van der Waals surface area (Å²) in [5, 5.41) is 11.9. The maximum absolute atomic E-state index is 12.9. The van der Waals surface area contributed by atoms with E-state index >= 15 is 0 Å². The van der Waals surface area contributed by atoms with Crippen molar-refractivity contribution >= 4 is 41.2 Å². The van der Waals surface area contributed by atoms with Crippen LogP contribution in [0.3, 0.4) is 0 Å². The van der Waals surface area contributed by atoms with Gasteiger partial charge in [-0.2, -0.15) is 0 Å². The molecular formula is C20H18BN3O3. The summed E-state index contributed by atoms with van der Waals surface area (Å²) >= 11 is 0. The first-order valence-electron chi connectivity index (χ1n) is 8.71. The minimum absolute atomic E-state index is 0.0439. The molecule has 0 bridgehead atoms. The van der Waals surface area contributed by atoms with Gasteiger partial charge in [0.15, 0.2) is 6.40 Å². The van der Waals surface area contributed by atoms with Gasteiger partial charge in [-0.3, -0.25) is 9.78 Å². The molecule has 2 aromatic carbocycles. The lowest BCUT2D eigenvalue weighted by atomic mass is 9.76. The van der Waals surface area contributed by atoms with Crippen LogP contribution >= 0.6 is 0 Å². The van der Waals surface area contributed by atoms with Crippen LogP contribution in [0.15, 0.2) is 59.9 Å². The summed E-state index contributed by atoms with van der Waals surface area (Å²) < 4.78 is 4.96. The lowest BCUT2D eigenvalue weighted by Gasteiger charge is -2.18. The average molecular weight is 359 g/mol. The van der Waals surface area contributed by atoms with Gasteiger partial charge in [0.05, 0.1) is 11.6 Å². The summed E-state index contributed by atoms with van der Waals surface area (Å²) in [5.41, 5.74) is 8.81. The molecule has 0 saturated carbocycles. The van der Waals surface area contributed by atoms with Crippen LogP contribution in [0, 0.1) is 0 Å². The predicted molar refractivity (Wildman–Crippen MR) is 106 cm³/mol. The molecule has 1 aromatic heterocycles. The highest BCUT2D eigenvalue weighted by atomic mass is 16.5. The number of ketones is 1. The molecule has 2 heterocycles. The highest BCUT2D eigenvalue weighted by Gasteiger charge is 2.27. The monoisotopic (exact) mass is 359 g/mol. The maximum atomic E-state index is 12.9. The number of fused-ring (bicyclic) bond motifs is 2. The van der Waals surface area contributed by atoms with Crippen molar-refractivity contribution in [2.45, 2.75) is 12.3 Å². The number of carbonyl (C=O) groups excluding carboxylic acids is 1. The Hall–Kier alpha value is -3.03. The number of hydrogen-bond donors (Lipinski definition) is 2. The molecule has 1 aliphatic heterocycles. The summed E-state index contributed by atoms with van der Waals surface area (Å²) in [6.07, 6.45) is 5.05. The zero-order valence-corrected chi connectivity index (χ0v) is 14.6. The van der Waals surface area contributed by atoms with Crippen LogP contribution in [0.2, 0.25) is 0 Å². The standard InChI is InChI=1S/C20H18BN3O3/c22-10-17(15-3-4-18-19(9-15)24-12-27-21(18)26)20(25)8-13-1-2-16-11-23-6-5-14(16)7-13/h1-7,9,11-12,17,26H,8,10,22H2. The smallest absolute Gasteiger partial charge is 0.524 e. The molecule has 27 heavy (non-hydrogen) atoms. The first-order chi connectivity index (χ1) is 13.2. The largest absolute Gasteiger partial charge is 0.562 e. The van der Waals surface area contributed by atoms with Crippen molar-refractivity contribution in [1.29, 1.82) is 0 Å². The van der Waals surface area contributed by atoms with Gasteiger partial charge in [0, 0.05) is 36.2 Å². The summed E-state index contributed by atoms with van der Waals surface area (Å²) in [6.45, 7) is 0.206. The minimum atomic E-state index is -1.04. The second-order valence-corrected chi connectivity index (χ2v) is 6.53. The van der Waals surface area contributed by atoms with Crippen LogP contribution in [0.25, 0.3) is 10.8 Å². The molecule has 0 fully saturated rings. The van der Waals surface area contributed by atoms with Gasteiger partial charge in [-0.15, -0.1) is 0 Å². The third kappa shape index (κ3) is 3.47. The Balaban J connectivity index is 1.58. The number of nitrogens with zero attached hydrogens (tertiary/aromatic N) is 2. The predicted octanol–water partition coefficient (Wildman–Crippen LogP) is 1.47. The highest BCUT2D eigenvalue weighted by molar-refractivity contribution is 6.63. The fraction of sp³-hybridized carbons (Fsp3) is 0.150. The lowest BCUT2D eigenvalue weighted by molar-refractivity contribution is -0.119. The van der Waals surface area contributed by atoms with E-state index in [1.165, 1.54) is 6.40 Å². The molecule has 0 amide bonds. The van der Waals surface area contributed by atoms with Crippen LogP contribution in [0.1, 0.15) is 17.0 Å². The topological polar surface area (TPSA) is 97.8 Å². The Labute approximate surface area is 156 Å². The fourth-order valence-electron chi connectivity index (χ4n) is 3.34. The van der Waals surface area contributed by atoms with Gasteiger partial charge in [-0.1, -0.05) is 30.3 Å². The summed E-state index contributed by atoms with van der Waals surface area (Å²) in [6, 6.07) is 13.2. The van der Waals surface area contributed by atoms with Crippen molar-refractivity contribution in [3.05, 3.63) is 66.0 Å². The molecule has 0 saturated heterocycles. The molecule has 0 spiro atoms. The number of rotatable bonds is 5. The molecule has 0 radical (unpaired) electrons. The molecule has 4 rings (SSSR count). The van der Waals surface area contributed by atoms with Crippen LogP contribution < -0.4 is 11.2 Å². The van der Waals surface area contributed by atoms with Crippen molar-refractivity contribution in [1.82, 2.24) is 4.98 Å². The Morgan fingerprint density at radius 2 is 2.07 bits per heavy atom. The molecule has 1 unspecified atom stereocenters. The van der Waals surface area contributed by atoms with E-state index in [0.717, 1.165) is 21.9 Å². The van der Waals surface area contributed by atoms with Crippen molar-refractivity contribution in [2.75, 3.05) is 6.54 Å². The average Bonchev–Trinajstić information content (AvgIpc) is 2.68. The fourth-order valence-corrected chi connectivity index (χ4v) is 3.34. The quantitative estimate of drug-likeness (QED) is 0.673. The minimum Gasteiger partial charge on any atom is -0.524 e. The molecule has 7 heteroatoms. The van der Waals surface area contributed by atoms with Crippen molar-refractivity contribution in [2.24, 2.45) is 10.7 Å². The van der Waals surface area contributed by atoms with Gasteiger partial charge in [-0.25, -0.2) is 4.99 Å². The Kier molecular flexibility index (Phi) is 4.70. The molecule has 3 aromatic rings. The second kappa shape index (κ2) is 7.30. The van der Waals surface area contributed by atoms with E-state index in [9.17, 15) is 9.82 Å². The van der Waals surface area contributed by atoms with Crippen molar-refractivity contribution in [3.8, 4) is 0 Å². The number of hydrogen-bond acceptors (Lipinski definition) is 6. The summed E-state index contributed by atoms with van der Waals surface area (Å²) in [4.78, 5) is 21.1. The number of aliphatic imine (C=N–C) groups is 1. The molecule has 6 nitrogen and oxygen atoms in total. The molecule has 1 aliphatic rings. The molecule has 1 atom stereocenters. The van der Waals surface area contributed by atoms with Gasteiger partial charge in [0.25, 0.3) is 0 Å². The van der Waals surface area contributed by atoms with Crippen LogP contribution in [-0.2, 0) is 15.9 Å². The molecule has 3 N–H and O–H groups in total. The van der Waals surface area contributed by atoms with Gasteiger partial charge in [0.2, 0.25) is 0 Å².